The summed E-state index contributed by atoms with van der Waals surface area (Å²) < 4.78 is 0. The predicted octanol–water partition coefficient (Wildman–Crippen LogP) is 4.96. The zero-order valence-electron chi connectivity index (χ0n) is 15.7. The Balaban J connectivity index is 2.09. The first-order valence-corrected chi connectivity index (χ1v) is 9.70. The number of hydrogen-bond donors (Lipinski definition) is 2. The first-order chi connectivity index (χ1) is 11.8. The fourth-order valence-electron chi connectivity index (χ4n) is 3.31. The maximum absolute atomic E-state index is 11.9. The summed E-state index contributed by atoms with van der Waals surface area (Å²) in [5.74, 6) is -0.128. The molecule has 0 unspecified atom stereocenters. The van der Waals surface area contributed by atoms with Crippen LogP contribution in [0.25, 0.3) is 6.08 Å². The summed E-state index contributed by atoms with van der Waals surface area (Å²) in [6.07, 6.45) is 10.3. The van der Waals surface area contributed by atoms with Gasteiger partial charge < -0.3 is 10.4 Å². The van der Waals surface area contributed by atoms with Gasteiger partial charge in [0.2, 0.25) is 0 Å². The second-order valence-corrected chi connectivity index (χ2v) is 8.45. The molecule has 0 spiro atoms. The minimum absolute atomic E-state index is 0.0423. The Kier molecular flexibility index (Phi) is 6.79. The largest absolute Gasteiger partial charge is 0.395 e. The highest BCUT2D eigenvalue weighted by atomic mass is 32.1. The first kappa shape index (κ1) is 19.7. The van der Waals surface area contributed by atoms with Crippen LogP contribution in [0, 0.1) is 5.41 Å². The third-order valence-electron chi connectivity index (χ3n) is 4.67. The van der Waals surface area contributed by atoms with E-state index in [1.54, 1.807) is 0 Å². The van der Waals surface area contributed by atoms with Crippen LogP contribution in [0.3, 0.4) is 0 Å². The Morgan fingerprint density at radius 3 is 2.84 bits per heavy atom. The highest BCUT2D eigenvalue weighted by Crippen LogP contribution is 2.40. The van der Waals surface area contributed by atoms with Crippen molar-refractivity contribution in [3.8, 4) is 0 Å². The normalized spacial score (nSPS) is 18.0. The number of amides is 1. The molecule has 0 radical (unpaired) electrons. The molecule has 3 nitrogen and oxygen atoms in total. The molecule has 0 saturated carbocycles. The van der Waals surface area contributed by atoms with E-state index in [0.29, 0.717) is 4.88 Å². The number of thiophene rings is 1. The van der Waals surface area contributed by atoms with Gasteiger partial charge in [0.1, 0.15) is 0 Å². The SMILES string of the molecule is CC1=C(/C=C/C(C)=C/c2ccc(C(=O)NCCO)s2)C(C)(C)CCC1. The summed E-state index contributed by atoms with van der Waals surface area (Å²) in [6, 6.07) is 3.79. The molecule has 1 heterocycles. The van der Waals surface area contributed by atoms with Gasteiger partial charge in [0.15, 0.2) is 0 Å². The van der Waals surface area contributed by atoms with Gasteiger partial charge in [0.25, 0.3) is 5.91 Å². The van der Waals surface area contributed by atoms with Gasteiger partial charge in [-0.2, -0.15) is 0 Å². The van der Waals surface area contributed by atoms with Crippen molar-refractivity contribution in [1.82, 2.24) is 5.32 Å². The highest BCUT2D eigenvalue weighted by molar-refractivity contribution is 7.14. The maximum atomic E-state index is 11.9. The molecular formula is C21H29NO2S. The van der Waals surface area contributed by atoms with E-state index < -0.39 is 0 Å². The van der Waals surface area contributed by atoms with Gasteiger partial charge in [-0.1, -0.05) is 31.6 Å². The number of rotatable bonds is 6. The Hall–Kier alpha value is -1.65. The van der Waals surface area contributed by atoms with Crippen molar-refractivity contribution in [2.75, 3.05) is 13.2 Å². The number of allylic oxidation sites excluding steroid dienone is 5. The summed E-state index contributed by atoms with van der Waals surface area (Å²) >= 11 is 1.47. The van der Waals surface area contributed by atoms with Gasteiger partial charge in [0, 0.05) is 11.4 Å². The van der Waals surface area contributed by atoms with Crippen molar-refractivity contribution >= 4 is 23.3 Å². The third-order valence-corrected chi connectivity index (χ3v) is 5.70. The van der Waals surface area contributed by atoms with E-state index >= 15 is 0 Å². The third kappa shape index (κ3) is 5.41. The lowest BCUT2D eigenvalue weighted by atomic mass is 9.72. The molecule has 4 heteroatoms. The highest BCUT2D eigenvalue weighted by Gasteiger charge is 2.26. The minimum Gasteiger partial charge on any atom is -0.395 e. The predicted molar refractivity (Wildman–Crippen MR) is 107 cm³/mol. The van der Waals surface area contributed by atoms with E-state index in [0.717, 1.165) is 4.88 Å². The number of aliphatic hydroxyl groups excluding tert-OH is 1. The molecule has 2 rings (SSSR count). The fourth-order valence-corrected chi connectivity index (χ4v) is 4.24. The second kappa shape index (κ2) is 8.63. The van der Waals surface area contributed by atoms with Gasteiger partial charge in [-0.15, -0.1) is 11.3 Å². The van der Waals surface area contributed by atoms with E-state index in [9.17, 15) is 4.79 Å². The van der Waals surface area contributed by atoms with Crippen LogP contribution < -0.4 is 5.32 Å². The van der Waals surface area contributed by atoms with E-state index in [1.165, 1.54) is 47.3 Å². The molecule has 0 fully saturated rings. The van der Waals surface area contributed by atoms with Crippen LogP contribution in [0.4, 0.5) is 0 Å². The molecule has 1 aliphatic carbocycles. The van der Waals surface area contributed by atoms with Crippen LogP contribution in [-0.4, -0.2) is 24.2 Å². The summed E-state index contributed by atoms with van der Waals surface area (Å²) in [6.45, 7) is 9.23. The molecule has 0 atom stereocenters. The first-order valence-electron chi connectivity index (χ1n) is 8.89. The van der Waals surface area contributed by atoms with Crippen molar-refractivity contribution < 1.29 is 9.90 Å². The Morgan fingerprint density at radius 1 is 1.40 bits per heavy atom. The molecule has 2 N–H and O–H groups in total. The Labute approximate surface area is 155 Å². The van der Waals surface area contributed by atoms with E-state index in [1.807, 2.05) is 12.1 Å². The van der Waals surface area contributed by atoms with Crippen molar-refractivity contribution in [2.45, 2.75) is 47.0 Å². The molecule has 1 aromatic rings. The summed E-state index contributed by atoms with van der Waals surface area (Å²) in [7, 11) is 0. The lowest BCUT2D eigenvalue weighted by molar-refractivity contribution is 0.0949. The summed E-state index contributed by atoms with van der Waals surface area (Å²) in [5.41, 5.74) is 4.38. The monoisotopic (exact) mass is 359 g/mol. The van der Waals surface area contributed by atoms with Crippen molar-refractivity contribution in [2.24, 2.45) is 5.41 Å². The van der Waals surface area contributed by atoms with E-state index in [-0.39, 0.29) is 24.5 Å². The number of aliphatic hydroxyl groups is 1. The van der Waals surface area contributed by atoms with Gasteiger partial charge in [-0.05, 0) is 67.9 Å². The number of nitrogens with one attached hydrogen (secondary N) is 1. The van der Waals surface area contributed by atoms with Gasteiger partial charge in [-0.3, -0.25) is 4.79 Å². The topological polar surface area (TPSA) is 49.3 Å². The number of carbonyl (C=O) groups is 1. The molecule has 0 aromatic carbocycles. The standard InChI is InChI=1S/C21H29NO2S/c1-15(7-9-18-16(2)6-5-11-21(18,3)4)14-17-8-10-19(25-17)20(24)22-12-13-23/h7-10,14,23H,5-6,11-13H2,1-4H3,(H,22,24)/b9-7+,15-14+. The van der Waals surface area contributed by atoms with Crippen LogP contribution in [0.5, 0.6) is 0 Å². The molecule has 1 aliphatic rings. The molecule has 0 aliphatic heterocycles. The quantitative estimate of drug-likeness (QED) is 0.706. The zero-order chi connectivity index (χ0) is 18.4. The molecule has 25 heavy (non-hydrogen) atoms. The molecule has 0 saturated heterocycles. The summed E-state index contributed by atoms with van der Waals surface area (Å²) in [5, 5.41) is 11.5. The zero-order valence-corrected chi connectivity index (χ0v) is 16.5. The van der Waals surface area contributed by atoms with Crippen LogP contribution in [0.15, 0.2) is 41.0 Å². The summed E-state index contributed by atoms with van der Waals surface area (Å²) in [4.78, 5) is 13.6. The second-order valence-electron chi connectivity index (χ2n) is 7.33. The van der Waals surface area contributed by atoms with Gasteiger partial charge in [0.05, 0.1) is 11.5 Å². The van der Waals surface area contributed by atoms with Crippen molar-refractivity contribution in [1.29, 1.82) is 0 Å². The van der Waals surface area contributed by atoms with Crippen LogP contribution in [-0.2, 0) is 0 Å². The molecule has 0 bridgehead atoms. The Bertz CT molecular complexity index is 707. The molecule has 136 valence electrons. The lowest BCUT2D eigenvalue weighted by Crippen LogP contribution is -2.25. The van der Waals surface area contributed by atoms with Crippen LogP contribution in [0.1, 0.15) is 61.5 Å². The van der Waals surface area contributed by atoms with E-state index in [4.69, 9.17) is 5.11 Å². The molecular weight excluding hydrogens is 330 g/mol. The average molecular weight is 360 g/mol. The van der Waals surface area contributed by atoms with Crippen LogP contribution in [0.2, 0.25) is 0 Å². The smallest absolute Gasteiger partial charge is 0.261 e. The minimum atomic E-state index is -0.128. The van der Waals surface area contributed by atoms with Crippen molar-refractivity contribution in [3.63, 3.8) is 0 Å². The Morgan fingerprint density at radius 2 is 2.16 bits per heavy atom. The molecule has 1 aromatic heterocycles. The van der Waals surface area contributed by atoms with Gasteiger partial charge >= 0.3 is 0 Å². The average Bonchev–Trinajstić information content (AvgIpc) is 3.00. The molecule has 1 amide bonds. The van der Waals surface area contributed by atoms with E-state index in [2.05, 4.69) is 51.2 Å². The fraction of sp³-hybridized carbons (Fsp3) is 0.476. The number of hydrogen-bond acceptors (Lipinski definition) is 3. The van der Waals surface area contributed by atoms with Crippen LogP contribution >= 0.6 is 11.3 Å². The lowest BCUT2D eigenvalue weighted by Gasteiger charge is -2.32. The van der Waals surface area contributed by atoms with Crippen molar-refractivity contribution in [3.05, 3.63) is 50.8 Å². The van der Waals surface area contributed by atoms with Gasteiger partial charge in [-0.25, -0.2) is 0 Å². The number of carbonyl (C=O) groups excluding carboxylic acids is 1. The maximum Gasteiger partial charge on any atom is 0.261 e.